The molecule has 4 heterocycles. The van der Waals surface area contributed by atoms with Crippen molar-refractivity contribution < 1.29 is 9.13 Å². The zero-order valence-electron chi connectivity index (χ0n) is 20.0. The first-order chi connectivity index (χ1) is 17.6. The van der Waals surface area contributed by atoms with E-state index < -0.39 is 0 Å². The second kappa shape index (κ2) is 9.35. The molecule has 1 aliphatic heterocycles. The van der Waals surface area contributed by atoms with Crippen molar-refractivity contribution in [1.82, 2.24) is 24.3 Å². The number of benzene rings is 2. The summed E-state index contributed by atoms with van der Waals surface area (Å²) >= 11 is 1.61. The Morgan fingerprint density at radius 3 is 2.64 bits per heavy atom. The Kier molecular flexibility index (Phi) is 5.89. The van der Waals surface area contributed by atoms with Crippen molar-refractivity contribution in [3.8, 4) is 16.9 Å². The van der Waals surface area contributed by atoms with Gasteiger partial charge in [-0.05, 0) is 50.1 Å². The molecule has 36 heavy (non-hydrogen) atoms. The number of aryl methyl sites for hydroxylation is 3. The second-order valence-corrected chi connectivity index (χ2v) is 9.85. The van der Waals surface area contributed by atoms with Gasteiger partial charge in [0.2, 0.25) is 0 Å². The lowest BCUT2D eigenvalue weighted by atomic mass is 10.00. The summed E-state index contributed by atoms with van der Waals surface area (Å²) in [6.07, 6.45) is 7.37. The fraction of sp³-hybridized carbons (Fsp3) is 0.214. The number of fused-ring (bicyclic) bond motifs is 2. The third-order valence-corrected chi connectivity index (χ3v) is 7.50. The maximum absolute atomic E-state index is 14.8. The van der Waals surface area contributed by atoms with Crippen LogP contribution in [-0.2, 0) is 19.3 Å². The van der Waals surface area contributed by atoms with E-state index >= 15 is 0 Å². The van der Waals surface area contributed by atoms with Crippen molar-refractivity contribution in [2.45, 2.75) is 43.0 Å². The smallest absolute Gasteiger partial charge is 0.127 e. The van der Waals surface area contributed by atoms with E-state index in [1.165, 1.54) is 6.07 Å². The second-order valence-electron chi connectivity index (χ2n) is 8.79. The van der Waals surface area contributed by atoms with E-state index in [1.54, 1.807) is 17.8 Å². The molecule has 6 rings (SSSR count). The summed E-state index contributed by atoms with van der Waals surface area (Å²) in [6, 6.07) is 13.4. The summed E-state index contributed by atoms with van der Waals surface area (Å²) in [5.74, 6) is 2.15. The molecule has 0 bridgehead atoms. The molecule has 0 saturated heterocycles. The van der Waals surface area contributed by atoms with Crippen LogP contribution in [0.1, 0.15) is 28.5 Å². The molecular formula is C28H24FN5OS. The van der Waals surface area contributed by atoms with Gasteiger partial charge in [0.15, 0.2) is 0 Å². The minimum Gasteiger partial charge on any atom is -0.493 e. The van der Waals surface area contributed by atoms with Gasteiger partial charge in [-0.3, -0.25) is 4.40 Å². The van der Waals surface area contributed by atoms with Crippen molar-refractivity contribution >= 4 is 17.3 Å². The van der Waals surface area contributed by atoms with Gasteiger partial charge in [0, 0.05) is 52.5 Å². The summed E-state index contributed by atoms with van der Waals surface area (Å²) in [7, 11) is 0. The normalized spacial score (nSPS) is 12.6. The van der Waals surface area contributed by atoms with Crippen molar-refractivity contribution in [2.75, 3.05) is 6.61 Å². The van der Waals surface area contributed by atoms with Crippen molar-refractivity contribution in [3.05, 3.63) is 95.5 Å². The molecule has 0 saturated carbocycles. The third kappa shape index (κ3) is 4.11. The van der Waals surface area contributed by atoms with Gasteiger partial charge in [-0.15, -0.1) is 0 Å². The predicted molar refractivity (Wildman–Crippen MR) is 137 cm³/mol. The molecule has 0 amide bonds. The van der Waals surface area contributed by atoms with Crippen LogP contribution in [0.4, 0.5) is 4.39 Å². The summed E-state index contributed by atoms with van der Waals surface area (Å²) in [5.41, 5.74) is 5.37. The molecule has 0 unspecified atom stereocenters. The average Bonchev–Trinajstić information content (AvgIpc) is 3.52. The number of hydrogen-bond donors (Lipinski definition) is 0. The molecule has 0 N–H and O–H groups in total. The van der Waals surface area contributed by atoms with Crippen LogP contribution in [-0.4, -0.2) is 30.9 Å². The van der Waals surface area contributed by atoms with Gasteiger partial charge < -0.3 is 4.74 Å². The first-order valence-electron chi connectivity index (χ1n) is 11.9. The molecule has 0 radical (unpaired) electrons. The van der Waals surface area contributed by atoms with E-state index in [1.807, 2.05) is 55.2 Å². The minimum absolute atomic E-state index is 0.189. The Morgan fingerprint density at radius 1 is 0.972 bits per heavy atom. The molecule has 0 spiro atoms. The van der Waals surface area contributed by atoms with Gasteiger partial charge in [0.05, 0.1) is 12.1 Å². The van der Waals surface area contributed by atoms with Crippen LogP contribution in [0.3, 0.4) is 0 Å². The summed E-state index contributed by atoms with van der Waals surface area (Å²) < 4.78 is 22.4. The molecule has 5 aromatic rings. The first-order valence-corrected chi connectivity index (χ1v) is 12.7. The summed E-state index contributed by atoms with van der Waals surface area (Å²) in [6.45, 7) is 4.46. The SMILES string of the molecule is Cc1ncc(-c2cnc(CCc3c(F)ccc4c3CCO4)n3cnc(Sc4ccccc4)c23)c(C)n1. The monoisotopic (exact) mass is 497 g/mol. The molecule has 1 aliphatic rings. The maximum Gasteiger partial charge on any atom is 0.127 e. The van der Waals surface area contributed by atoms with E-state index in [0.29, 0.717) is 25.0 Å². The molecular weight excluding hydrogens is 473 g/mol. The van der Waals surface area contributed by atoms with Crippen LogP contribution < -0.4 is 4.74 Å². The van der Waals surface area contributed by atoms with Gasteiger partial charge >= 0.3 is 0 Å². The number of hydrogen-bond acceptors (Lipinski definition) is 6. The maximum atomic E-state index is 14.8. The Labute approximate surface area is 212 Å². The van der Waals surface area contributed by atoms with Crippen LogP contribution >= 0.6 is 11.8 Å². The molecule has 2 aromatic carbocycles. The number of aromatic nitrogens is 5. The Morgan fingerprint density at radius 2 is 1.81 bits per heavy atom. The lowest BCUT2D eigenvalue weighted by Crippen LogP contribution is -2.06. The molecule has 8 heteroatoms. The van der Waals surface area contributed by atoms with Gasteiger partial charge in [-0.2, -0.15) is 0 Å². The Hall–Kier alpha value is -3.78. The fourth-order valence-corrected chi connectivity index (χ4v) is 5.68. The van der Waals surface area contributed by atoms with Crippen molar-refractivity contribution in [3.63, 3.8) is 0 Å². The largest absolute Gasteiger partial charge is 0.493 e. The number of nitrogens with zero attached hydrogens (tertiary/aromatic N) is 5. The standard InChI is InChI=1S/C28H24FN5OS/c1-17-22(14-30-18(2)33-17)23-15-31-26(11-8-20-21-12-13-35-25(21)10-9-24(20)29)34-16-32-28(27(23)34)36-19-6-4-3-5-7-19/h3-7,9-10,14-16H,8,11-13H2,1-2H3. The lowest BCUT2D eigenvalue weighted by Gasteiger charge is -2.13. The van der Waals surface area contributed by atoms with Crippen molar-refractivity contribution in [1.29, 1.82) is 0 Å². The van der Waals surface area contributed by atoms with Gasteiger partial charge in [-0.1, -0.05) is 30.0 Å². The first kappa shape index (κ1) is 22.7. The van der Waals surface area contributed by atoms with Crippen LogP contribution in [0.15, 0.2) is 71.1 Å². The number of rotatable bonds is 6. The number of halogens is 1. The Balaban J connectivity index is 1.44. The highest BCUT2D eigenvalue weighted by atomic mass is 32.2. The van der Waals surface area contributed by atoms with E-state index in [-0.39, 0.29) is 5.82 Å². The highest BCUT2D eigenvalue weighted by molar-refractivity contribution is 7.99. The van der Waals surface area contributed by atoms with Gasteiger partial charge in [0.1, 0.15) is 34.6 Å². The minimum atomic E-state index is -0.189. The molecule has 180 valence electrons. The fourth-order valence-electron chi connectivity index (χ4n) is 4.76. The molecule has 0 fully saturated rings. The zero-order chi connectivity index (χ0) is 24.6. The zero-order valence-corrected chi connectivity index (χ0v) is 20.8. The Bertz CT molecular complexity index is 1580. The van der Waals surface area contributed by atoms with Gasteiger partial charge in [-0.25, -0.2) is 24.3 Å². The molecule has 0 atom stereocenters. The molecule has 3 aromatic heterocycles. The predicted octanol–water partition coefficient (Wildman–Crippen LogP) is 5.81. The van der Waals surface area contributed by atoms with E-state index in [9.17, 15) is 4.39 Å². The van der Waals surface area contributed by atoms with E-state index in [4.69, 9.17) is 14.7 Å². The van der Waals surface area contributed by atoms with Gasteiger partial charge in [0.25, 0.3) is 0 Å². The number of ether oxygens (including phenoxy) is 1. The highest BCUT2D eigenvalue weighted by Gasteiger charge is 2.21. The van der Waals surface area contributed by atoms with Crippen LogP contribution in [0.25, 0.3) is 16.6 Å². The van der Waals surface area contributed by atoms with Crippen molar-refractivity contribution in [2.24, 2.45) is 0 Å². The molecule has 6 nitrogen and oxygen atoms in total. The summed E-state index contributed by atoms with van der Waals surface area (Å²) in [4.78, 5) is 19.7. The summed E-state index contributed by atoms with van der Waals surface area (Å²) in [5, 5.41) is 0.875. The van der Waals surface area contributed by atoms with E-state index in [0.717, 1.165) is 61.6 Å². The average molecular weight is 498 g/mol. The van der Waals surface area contributed by atoms with Crippen LogP contribution in [0.2, 0.25) is 0 Å². The van der Waals surface area contributed by atoms with E-state index in [2.05, 4.69) is 22.1 Å². The third-order valence-electron chi connectivity index (χ3n) is 6.50. The highest BCUT2D eigenvalue weighted by Crippen LogP contribution is 2.36. The van der Waals surface area contributed by atoms with Crippen LogP contribution in [0.5, 0.6) is 5.75 Å². The molecule has 0 aliphatic carbocycles. The number of imidazole rings is 1. The topological polar surface area (TPSA) is 65.2 Å². The van der Waals surface area contributed by atoms with Crippen LogP contribution in [0, 0.1) is 19.7 Å². The quantitative estimate of drug-likeness (QED) is 0.295. The lowest BCUT2D eigenvalue weighted by molar-refractivity contribution is 0.356.